The van der Waals surface area contributed by atoms with Crippen LogP contribution in [-0.2, 0) is 28.6 Å². The molecule has 0 rings (SSSR count). The normalized spacial score (nSPS) is 12.7. The predicted molar refractivity (Wildman–Crippen MR) is 256 cm³/mol. The highest BCUT2D eigenvalue weighted by molar-refractivity contribution is 5.71. The summed E-state index contributed by atoms with van der Waals surface area (Å²) < 4.78 is 16.7. The van der Waals surface area contributed by atoms with Crippen molar-refractivity contribution in [2.75, 3.05) is 13.2 Å². The van der Waals surface area contributed by atoms with Crippen LogP contribution in [0, 0.1) is 0 Å². The largest absolute Gasteiger partial charge is 0.462 e. The van der Waals surface area contributed by atoms with E-state index in [0.717, 1.165) is 96.3 Å². The van der Waals surface area contributed by atoms with E-state index >= 15 is 0 Å². The maximum atomic E-state index is 12.8. The minimum Gasteiger partial charge on any atom is -0.462 e. The van der Waals surface area contributed by atoms with Crippen molar-refractivity contribution in [2.45, 2.75) is 239 Å². The van der Waals surface area contributed by atoms with Crippen molar-refractivity contribution in [1.82, 2.24) is 0 Å². The molecule has 0 aliphatic rings. The fourth-order valence-electron chi connectivity index (χ4n) is 6.72. The van der Waals surface area contributed by atoms with Crippen molar-refractivity contribution in [3.8, 4) is 0 Å². The van der Waals surface area contributed by atoms with E-state index in [0.29, 0.717) is 19.3 Å². The molecule has 0 radical (unpaired) electrons. The first-order valence-electron chi connectivity index (χ1n) is 25.0. The van der Waals surface area contributed by atoms with Gasteiger partial charge in [0.2, 0.25) is 0 Å². The van der Waals surface area contributed by atoms with E-state index in [-0.39, 0.29) is 31.1 Å². The van der Waals surface area contributed by atoms with Crippen molar-refractivity contribution in [3.05, 3.63) is 72.9 Å². The Kier molecular flexibility index (Phi) is 46.0. The highest BCUT2D eigenvalue weighted by Gasteiger charge is 2.19. The lowest BCUT2D eigenvalue weighted by Crippen LogP contribution is -2.30. The third-order valence-corrected chi connectivity index (χ3v) is 10.5. The molecule has 0 spiro atoms. The van der Waals surface area contributed by atoms with Crippen LogP contribution in [0.15, 0.2) is 72.9 Å². The van der Waals surface area contributed by atoms with Crippen LogP contribution >= 0.6 is 0 Å². The van der Waals surface area contributed by atoms with Crippen LogP contribution in [0.1, 0.15) is 233 Å². The Hall–Kier alpha value is -3.15. The molecule has 0 bridgehead atoms. The van der Waals surface area contributed by atoms with Gasteiger partial charge < -0.3 is 14.2 Å². The lowest BCUT2D eigenvalue weighted by atomic mass is 10.1. The van der Waals surface area contributed by atoms with Crippen molar-refractivity contribution in [2.24, 2.45) is 0 Å². The van der Waals surface area contributed by atoms with E-state index in [2.05, 4.69) is 75.5 Å². The van der Waals surface area contributed by atoms with Crippen LogP contribution in [0.25, 0.3) is 0 Å². The molecular formula is C54H92O6. The molecule has 0 heterocycles. The van der Waals surface area contributed by atoms with Crippen LogP contribution in [-0.4, -0.2) is 37.2 Å². The van der Waals surface area contributed by atoms with Crippen LogP contribution in [0.4, 0.5) is 0 Å². The minimum atomic E-state index is -0.793. The Morgan fingerprint density at radius 1 is 0.350 bits per heavy atom. The summed E-state index contributed by atoms with van der Waals surface area (Å²) >= 11 is 0. The van der Waals surface area contributed by atoms with Crippen LogP contribution in [0.5, 0.6) is 0 Å². The van der Waals surface area contributed by atoms with Crippen molar-refractivity contribution < 1.29 is 28.6 Å². The molecule has 0 saturated carbocycles. The van der Waals surface area contributed by atoms with E-state index in [4.69, 9.17) is 14.2 Å². The first-order chi connectivity index (χ1) is 29.5. The number of rotatable bonds is 44. The Labute approximate surface area is 370 Å². The lowest BCUT2D eigenvalue weighted by molar-refractivity contribution is -0.167. The molecular weight excluding hydrogens is 745 g/mol. The molecule has 344 valence electrons. The molecule has 0 aromatic carbocycles. The second-order valence-corrected chi connectivity index (χ2v) is 16.4. The molecule has 0 aliphatic heterocycles. The number of allylic oxidation sites excluding steroid dienone is 12. The third kappa shape index (κ3) is 45.9. The SMILES string of the molecule is CC\C=C/C=C\C=C/C=C\CCCCCCCC(=O)OC(COC(=O)CCCCCCC/C=C\CCCC)COC(=O)CCCCCCC/C=C\CCCCCCCCC. The van der Waals surface area contributed by atoms with Gasteiger partial charge in [0.25, 0.3) is 0 Å². The van der Waals surface area contributed by atoms with Gasteiger partial charge in [-0.1, -0.05) is 203 Å². The molecule has 1 atom stereocenters. The highest BCUT2D eigenvalue weighted by atomic mass is 16.6. The van der Waals surface area contributed by atoms with Gasteiger partial charge >= 0.3 is 17.9 Å². The number of unbranched alkanes of at least 4 members (excludes halogenated alkanes) is 24. The van der Waals surface area contributed by atoms with E-state index < -0.39 is 6.10 Å². The highest BCUT2D eigenvalue weighted by Crippen LogP contribution is 2.14. The van der Waals surface area contributed by atoms with E-state index in [1.807, 2.05) is 18.2 Å². The summed E-state index contributed by atoms with van der Waals surface area (Å²) in [6.45, 7) is 6.42. The van der Waals surface area contributed by atoms with Gasteiger partial charge in [0.1, 0.15) is 13.2 Å². The molecule has 0 aliphatic carbocycles. The number of carbonyl (C=O) groups excluding carboxylic acids is 3. The summed E-state index contributed by atoms with van der Waals surface area (Å²) in [5.74, 6) is -0.934. The van der Waals surface area contributed by atoms with E-state index in [1.54, 1.807) is 0 Å². The first-order valence-corrected chi connectivity index (χ1v) is 25.0. The Morgan fingerprint density at radius 2 is 0.683 bits per heavy atom. The van der Waals surface area contributed by atoms with Gasteiger partial charge in [-0.25, -0.2) is 0 Å². The average Bonchev–Trinajstić information content (AvgIpc) is 3.24. The van der Waals surface area contributed by atoms with Gasteiger partial charge in [0, 0.05) is 19.3 Å². The summed E-state index contributed by atoms with van der Waals surface area (Å²) in [5.41, 5.74) is 0. The molecule has 0 fully saturated rings. The van der Waals surface area contributed by atoms with Crippen LogP contribution in [0.3, 0.4) is 0 Å². The van der Waals surface area contributed by atoms with Gasteiger partial charge in [-0.15, -0.1) is 0 Å². The van der Waals surface area contributed by atoms with Crippen molar-refractivity contribution in [1.29, 1.82) is 0 Å². The summed E-state index contributed by atoms with van der Waals surface area (Å²) in [4.78, 5) is 37.9. The second kappa shape index (κ2) is 48.5. The molecule has 0 aromatic heterocycles. The third-order valence-electron chi connectivity index (χ3n) is 10.5. The molecule has 0 aromatic rings. The standard InChI is InChI=1S/C54H92O6/c1-4-7-10-13-16-19-22-24-26-28-29-32-35-38-41-44-47-53(56)59-50-51(49-58-52(55)46-43-40-37-34-31-21-18-15-12-9-6-3)60-54(57)48-45-42-39-36-33-30-27-25-23-20-17-14-11-8-5-2/h8,11,14-15,17-18,20,23,25-28,51H,4-7,9-10,12-13,16,19,21-22,24,29-50H2,1-3H3/b11-8-,17-14-,18-15-,23-20-,27-25-,28-26-. The van der Waals surface area contributed by atoms with Crippen LogP contribution in [0.2, 0.25) is 0 Å². The Balaban J connectivity index is 4.43. The smallest absolute Gasteiger partial charge is 0.306 e. The fraction of sp³-hybridized carbons (Fsp3) is 0.722. The molecule has 0 amide bonds. The number of hydrogen-bond acceptors (Lipinski definition) is 6. The minimum absolute atomic E-state index is 0.0924. The molecule has 6 heteroatoms. The van der Waals surface area contributed by atoms with Crippen molar-refractivity contribution in [3.63, 3.8) is 0 Å². The molecule has 0 saturated heterocycles. The molecule has 60 heavy (non-hydrogen) atoms. The maximum Gasteiger partial charge on any atom is 0.306 e. The number of carbonyl (C=O) groups is 3. The number of hydrogen-bond donors (Lipinski definition) is 0. The van der Waals surface area contributed by atoms with Gasteiger partial charge in [0.05, 0.1) is 0 Å². The zero-order valence-electron chi connectivity index (χ0n) is 39.2. The zero-order valence-corrected chi connectivity index (χ0v) is 39.2. The Morgan fingerprint density at radius 3 is 1.12 bits per heavy atom. The average molecular weight is 837 g/mol. The van der Waals surface area contributed by atoms with Crippen molar-refractivity contribution >= 4 is 17.9 Å². The topological polar surface area (TPSA) is 78.9 Å². The molecule has 0 N–H and O–H groups in total. The summed E-state index contributed by atoms with van der Waals surface area (Å²) in [5, 5.41) is 0. The van der Waals surface area contributed by atoms with E-state index in [9.17, 15) is 14.4 Å². The summed E-state index contributed by atoms with van der Waals surface area (Å²) in [7, 11) is 0. The van der Waals surface area contributed by atoms with Crippen LogP contribution < -0.4 is 0 Å². The fourth-order valence-corrected chi connectivity index (χ4v) is 6.72. The number of ether oxygens (including phenoxy) is 3. The summed E-state index contributed by atoms with van der Waals surface area (Å²) in [6.07, 6.45) is 60.2. The monoisotopic (exact) mass is 837 g/mol. The van der Waals surface area contributed by atoms with Gasteiger partial charge in [-0.05, 0) is 83.5 Å². The Bertz CT molecular complexity index is 1140. The predicted octanol–water partition coefficient (Wildman–Crippen LogP) is 16.3. The molecule has 6 nitrogen and oxygen atoms in total. The molecule has 1 unspecified atom stereocenters. The number of esters is 3. The maximum absolute atomic E-state index is 12.8. The second-order valence-electron chi connectivity index (χ2n) is 16.4. The van der Waals surface area contributed by atoms with Gasteiger partial charge in [-0.2, -0.15) is 0 Å². The van der Waals surface area contributed by atoms with Gasteiger partial charge in [0.15, 0.2) is 6.10 Å². The van der Waals surface area contributed by atoms with Gasteiger partial charge in [-0.3, -0.25) is 14.4 Å². The summed E-state index contributed by atoms with van der Waals surface area (Å²) in [6, 6.07) is 0. The quantitative estimate of drug-likeness (QED) is 0.0200. The lowest BCUT2D eigenvalue weighted by Gasteiger charge is -2.18. The van der Waals surface area contributed by atoms with E-state index in [1.165, 1.54) is 96.3 Å². The first kappa shape index (κ1) is 56.9. The zero-order chi connectivity index (χ0) is 43.7.